The summed E-state index contributed by atoms with van der Waals surface area (Å²) in [5.41, 5.74) is 0.633. The molecule has 0 spiro atoms. The molecule has 5 nitrogen and oxygen atoms in total. The quantitative estimate of drug-likeness (QED) is 0.886. The first-order chi connectivity index (χ1) is 8.52. The zero-order valence-electron chi connectivity index (χ0n) is 11.2. The Morgan fingerprint density at radius 1 is 1.50 bits per heavy atom. The molecule has 0 radical (unpaired) electrons. The fraction of sp³-hybridized carbons (Fsp3) is 0.615. The number of anilines is 1. The van der Waals surface area contributed by atoms with Crippen LogP contribution in [0.5, 0.6) is 0 Å². The van der Waals surface area contributed by atoms with E-state index < -0.39 is 0 Å². The van der Waals surface area contributed by atoms with Crippen LogP contribution in [0.3, 0.4) is 0 Å². The topological polar surface area (TPSA) is 58.1 Å². The van der Waals surface area contributed by atoms with Crippen LogP contribution in [0.25, 0.3) is 0 Å². The molecule has 0 unspecified atom stereocenters. The van der Waals surface area contributed by atoms with Crippen LogP contribution in [-0.4, -0.2) is 40.4 Å². The van der Waals surface area contributed by atoms with E-state index in [2.05, 4.69) is 29.1 Å². The highest BCUT2D eigenvalue weighted by atomic mass is 16.2. The Balaban J connectivity index is 2.12. The second kappa shape index (κ2) is 4.92. The minimum absolute atomic E-state index is 0.0205. The van der Waals surface area contributed by atoms with Gasteiger partial charge in [0.25, 0.3) is 5.91 Å². The number of aromatic nitrogens is 2. The molecule has 1 fully saturated rings. The summed E-state index contributed by atoms with van der Waals surface area (Å²) in [6.07, 6.45) is 4.21. The molecule has 1 aliphatic rings. The number of amides is 1. The summed E-state index contributed by atoms with van der Waals surface area (Å²) in [4.78, 5) is 22.5. The number of rotatable bonds is 3. The van der Waals surface area contributed by atoms with Gasteiger partial charge in [-0.1, -0.05) is 13.8 Å². The fourth-order valence-electron chi connectivity index (χ4n) is 2.18. The van der Waals surface area contributed by atoms with Crippen molar-refractivity contribution in [1.82, 2.24) is 14.9 Å². The van der Waals surface area contributed by atoms with Gasteiger partial charge in [0.15, 0.2) is 0 Å². The van der Waals surface area contributed by atoms with E-state index in [-0.39, 0.29) is 11.3 Å². The highest BCUT2D eigenvalue weighted by Crippen LogP contribution is 2.29. The van der Waals surface area contributed by atoms with Gasteiger partial charge in [0.1, 0.15) is 11.5 Å². The van der Waals surface area contributed by atoms with Gasteiger partial charge in [0, 0.05) is 19.6 Å². The van der Waals surface area contributed by atoms with E-state index in [1.54, 1.807) is 6.20 Å². The monoisotopic (exact) mass is 248 g/mol. The molecule has 98 valence electrons. The molecule has 0 aliphatic carbocycles. The second-order valence-electron chi connectivity index (χ2n) is 5.46. The molecule has 1 saturated heterocycles. The van der Waals surface area contributed by atoms with E-state index >= 15 is 0 Å². The van der Waals surface area contributed by atoms with Crippen molar-refractivity contribution in [3.8, 4) is 0 Å². The molecule has 1 N–H and O–H groups in total. The molecular weight excluding hydrogens is 228 g/mol. The summed E-state index contributed by atoms with van der Waals surface area (Å²) < 4.78 is 0. The first-order valence-electron chi connectivity index (χ1n) is 6.37. The number of hydrogen-bond acceptors (Lipinski definition) is 4. The molecule has 18 heavy (non-hydrogen) atoms. The number of hydrogen-bond donors (Lipinski definition) is 1. The highest BCUT2D eigenvalue weighted by molar-refractivity contribution is 5.92. The molecule has 2 rings (SSSR count). The van der Waals surface area contributed by atoms with Gasteiger partial charge in [-0.25, -0.2) is 4.98 Å². The van der Waals surface area contributed by atoms with Crippen molar-refractivity contribution in [3.63, 3.8) is 0 Å². The van der Waals surface area contributed by atoms with Gasteiger partial charge < -0.3 is 10.2 Å². The SMILES string of the molecule is CCNc1cncc(C(=O)N2CCC(C)(C)C2)n1. The van der Waals surface area contributed by atoms with E-state index in [0.717, 1.165) is 26.1 Å². The van der Waals surface area contributed by atoms with E-state index in [1.165, 1.54) is 6.20 Å². The summed E-state index contributed by atoms with van der Waals surface area (Å²) in [5, 5.41) is 3.07. The van der Waals surface area contributed by atoms with Crippen molar-refractivity contribution in [2.24, 2.45) is 5.41 Å². The molecule has 5 heteroatoms. The molecule has 0 atom stereocenters. The number of nitrogens with zero attached hydrogens (tertiary/aromatic N) is 3. The van der Waals surface area contributed by atoms with Gasteiger partial charge in [-0.15, -0.1) is 0 Å². The fourth-order valence-corrected chi connectivity index (χ4v) is 2.18. The zero-order valence-corrected chi connectivity index (χ0v) is 11.2. The highest BCUT2D eigenvalue weighted by Gasteiger charge is 2.32. The van der Waals surface area contributed by atoms with Gasteiger partial charge in [0.05, 0.1) is 12.4 Å². The Morgan fingerprint density at radius 2 is 2.28 bits per heavy atom. The molecule has 1 aromatic rings. The van der Waals surface area contributed by atoms with Crippen LogP contribution in [0.2, 0.25) is 0 Å². The number of likely N-dealkylation sites (tertiary alicyclic amines) is 1. The molecule has 2 heterocycles. The van der Waals surface area contributed by atoms with Crippen molar-refractivity contribution < 1.29 is 4.79 Å². The largest absolute Gasteiger partial charge is 0.369 e. The van der Waals surface area contributed by atoms with Crippen LogP contribution in [0.1, 0.15) is 37.7 Å². The average Bonchev–Trinajstić information content (AvgIpc) is 2.70. The Kier molecular flexibility index (Phi) is 3.50. The van der Waals surface area contributed by atoms with Crippen molar-refractivity contribution in [2.45, 2.75) is 27.2 Å². The lowest BCUT2D eigenvalue weighted by Gasteiger charge is -2.19. The smallest absolute Gasteiger partial charge is 0.274 e. The molecule has 0 saturated carbocycles. The lowest BCUT2D eigenvalue weighted by molar-refractivity contribution is 0.0772. The maximum absolute atomic E-state index is 12.3. The summed E-state index contributed by atoms with van der Waals surface area (Å²) in [6.45, 7) is 8.71. The van der Waals surface area contributed by atoms with E-state index in [0.29, 0.717) is 11.5 Å². The predicted molar refractivity (Wildman–Crippen MR) is 70.5 cm³/mol. The van der Waals surface area contributed by atoms with Crippen molar-refractivity contribution in [3.05, 3.63) is 18.1 Å². The molecule has 1 amide bonds. The summed E-state index contributed by atoms with van der Waals surface area (Å²) in [5.74, 6) is 0.634. The van der Waals surface area contributed by atoms with Crippen LogP contribution < -0.4 is 5.32 Å². The van der Waals surface area contributed by atoms with Gasteiger partial charge >= 0.3 is 0 Å². The maximum atomic E-state index is 12.3. The van der Waals surface area contributed by atoms with Crippen molar-refractivity contribution in [2.75, 3.05) is 25.0 Å². The Hall–Kier alpha value is -1.65. The van der Waals surface area contributed by atoms with Gasteiger partial charge in [-0.3, -0.25) is 9.78 Å². The third-order valence-corrected chi connectivity index (χ3v) is 3.18. The third-order valence-electron chi connectivity index (χ3n) is 3.18. The average molecular weight is 248 g/mol. The van der Waals surface area contributed by atoms with Gasteiger partial charge in [-0.2, -0.15) is 0 Å². The lowest BCUT2D eigenvalue weighted by atomic mass is 9.93. The van der Waals surface area contributed by atoms with E-state index in [9.17, 15) is 4.79 Å². The van der Waals surface area contributed by atoms with Gasteiger partial charge in [-0.05, 0) is 18.8 Å². The number of carbonyl (C=O) groups excluding carboxylic acids is 1. The minimum Gasteiger partial charge on any atom is -0.369 e. The van der Waals surface area contributed by atoms with Crippen molar-refractivity contribution >= 4 is 11.7 Å². The maximum Gasteiger partial charge on any atom is 0.274 e. The predicted octanol–water partition coefficient (Wildman–Crippen LogP) is 1.78. The number of carbonyl (C=O) groups is 1. The zero-order chi connectivity index (χ0) is 13.2. The minimum atomic E-state index is -0.0205. The third kappa shape index (κ3) is 2.78. The summed E-state index contributed by atoms with van der Waals surface area (Å²) in [6, 6.07) is 0. The van der Waals surface area contributed by atoms with Crippen LogP contribution in [-0.2, 0) is 0 Å². The van der Waals surface area contributed by atoms with Crippen LogP contribution >= 0.6 is 0 Å². The molecule has 0 bridgehead atoms. The molecular formula is C13H20N4O. The summed E-state index contributed by atoms with van der Waals surface area (Å²) in [7, 11) is 0. The number of nitrogens with one attached hydrogen (secondary N) is 1. The Morgan fingerprint density at radius 3 is 2.89 bits per heavy atom. The van der Waals surface area contributed by atoms with Crippen LogP contribution in [0, 0.1) is 5.41 Å². The molecule has 1 aliphatic heterocycles. The molecule has 1 aromatic heterocycles. The van der Waals surface area contributed by atoms with Gasteiger partial charge in [0.2, 0.25) is 0 Å². The molecule has 0 aromatic carbocycles. The normalized spacial score (nSPS) is 17.8. The Labute approximate surface area is 108 Å². The van der Waals surface area contributed by atoms with E-state index in [4.69, 9.17) is 0 Å². The standard InChI is InChI=1S/C13H20N4O/c1-4-15-11-8-14-7-10(16-11)12(18)17-6-5-13(2,3)9-17/h7-8H,4-6,9H2,1-3H3,(H,15,16). The first-order valence-corrected chi connectivity index (χ1v) is 6.37. The second-order valence-corrected chi connectivity index (χ2v) is 5.46. The Bertz CT molecular complexity index is 444. The first kappa shape index (κ1) is 12.8. The lowest BCUT2D eigenvalue weighted by Crippen LogP contribution is -2.31. The summed E-state index contributed by atoms with van der Waals surface area (Å²) >= 11 is 0. The van der Waals surface area contributed by atoms with Crippen molar-refractivity contribution in [1.29, 1.82) is 0 Å². The van der Waals surface area contributed by atoms with E-state index in [1.807, 2.05) is 11.8 Å². The van der Waals surface area contributed by atoms with Crippen LogP contribution in [0.15, 0.2) is 12.4 Å². The van der Waals surface area contributed by atoms with Crippen LogP contribution in [0.4, 0.5) is 5.82 Å².